The minimum Gasteiger partial charge on any atom is -0.491 e. The number of hydrogen-bond acceptors (Lipinski definition) is 3. The van der Waals surface area contributed by atoms with E-state index in [4.69, 9.17) is 21.1 Å². The smallest absolute Gasteiger partial charge is 0.142 e. The van der Waals surface area contributed by atoms with Crippen LogP contribution in [0.25, 0.3) is 0 Å². The highest BCUT2D eigenvalue weighted by Crippen LogP contribution is 2.31. The van der Waals surface area contributed by atoms with E-state index in [1.165, 1.54) is 0 Å². The largest absolute Gasteiger partial charge is 0.491 e. The van der Waals surface area contributed by atoms with Crippen LogP contribution in [0.4, 0.5) is 5.69 Å². The van der Waals surface area contributed by atoms with E-state index in [1.54, 1.807) is 0 Å². The third-order valence-corrected chi connectivity index (χ3v) is 4.06. The topological polar surface area (TPSA) is 30.5 Å². The van der Waals surface area contributed by atoms with Gasteiger partial charge in [0.25, 0.3) is 0 Å². The monoisotopic (exact) mass is 311 g/mol. The second kappa shape index (κ2) is 7.90. The first-order chi connectivity index (χ1) is 10.1. The van der Waals surface area contributed by atoms with Crippen molar-refractivity contribution in [3.8, 4) is 5.75 Å². The van der Waals surface area contributed by atoms with Crippen molar-refractivity contribution in [1.29, 1.82) is 0 Å². The Morgan fingerprint density at radius 1 is 1.43 bits per heavy atom. The number of benzene rings is 1. The summed E-state index contributed by atoms with van der Waals surface area (Å²) in [6.45, 7) is 8.06. The summed E-state index contributed by atoms with van der Waals surface area (Å²) in [5.41, 5.74) is 0.991. The van der Waals surface area contributed by atoms with Crippen LogP contribution in [0.1, 0.15) is 40.0 Å². The molecule has 3 nitrogen and oxygen atoms in total. The van der Waals surface area contributed by atoms with Crippen molar-refractivity contribution < 1.29 is 9.47 Å². The second-order valence-electron chi connectivity index (χ2n) is 6.01. The first kappa shape index (κ1) is 16.4. The highest BCUT2D eigenvalue weighted by atomic mass is 35.5. The molecule has 1 heterocycles. The summed E-state index contributed by atoms with van der Waals surface area (Å²) in [7, 11) is 0. The van der Waals surface area contributed by atoms with Crippen LogP contribution in [0.3, 0.4) is 0 Å². The number of ether oxygens (including phenoxy) is 2. The molecule has 0 aromatic heterocycles. The molecule has 0 aliphatic carbocycles. The average Bonchev–Trinajstić information content (AvgIpc) is 2.47. The van der Waals surface area contributed by atoms with Gasteiger partial charge >= 0.3 is 0 Å². The Kier molecular flexibility index (Phi) is 6.19. The van der Waals surface area contributed by atoms with Crippen LogP contribution >= 0.6 is 11.6 Å². The van der Waals surface area contributed by atoms with Crippen LogP contribution in [0.2, 0.25) is 5.02 Å². The summed E-state index contributed by atoms with van der Waals surface area (Å²) < 4.78 is 11.6. The molecule has 21 heavy (non-hydrogen) atoms. The van der Waals surface area contributed by atoms with Gasteiger partial charge < -0.3 is 14.8 Å². The van der Waals surface area contributed by atoms with Gasteiger partial charge in [0.05, 0.1) is 18.4 Å². The van der Waals surface area contributed by atoms with Gasteiger partial charge in [0.2, 0.25) is 0 Å². The Balaban J connectivity index is 2.05. The van der Waals surface area contributed by atoms with Crippen LogP contribution in [0.5, 0.6) is 5.75 Å². The van der Waals surface area contributed by atoms with E-state index < -0.39 is 0 Å². The Bertz CT molecular complexity index is 450. The van der Waals surface area contributed by atoms with Crippen LogP contribution in [0, 0.1) is 5.92 Å². The molecule has 0 amide bonds. The van der Waals surface area contributed by atoms with Crippen molar-refractivity contribution in [2.24, 2.45) is 5.92 Å². The molecule has 1 aliphatic heterocycles. The SMILES string of the molecule is CCCOc1ccc(Cl)cc1NC1CCOC(C(C)C)C1. The van der Waals surface area contributed by atoms with E-state index in [-0.39, 0.29) is 0 Å². The first-order valence-corrected chi connectivity index (χ1v) is 8.28. The van der Waals surface area contributed by atoms with Crippen molar-refractivity contribution in [2.75, 3.05) is 18.5 Å². The second-order valence-corrected chi connectivity index (χ2v) is 6.44. The zero-order chi connectivity index (χ0) is 15.2. The lowest BCUT2D eigenvalue weighted by Gasteiger charge is -2.33. The lowest BCUT2D eigenvalue weighted by molar-refractivity contribution is -0.0161. The first-order valence-electron chi connectivity index (χ1n) is 7.90. The van der Waals surface area contributed by atoms with Gasteiger partial charge in [0.15, 0.2) is 0 Å². The molecule has 0 spiro atoms. The standard InChI is InChI=1S/C17H26ClNO2/c1-4-8-20-16-6-5-13(18)10-15(16)19-14-7-9-21-17(11-14)12(2)3/h5-6,10,12,14,17,19H,4,7-9,11H2,1-3H3. The van der Waals surface area contributed by atoms with Crippen molar-refractivity contribution >= 4 is 17.3 Å². The molecule has 1 aromatic rings. The summed E-state index contributed by atoms with van der Waals surface area (Å²) in [4.78, 5) is 0. The number of nitrogens with one attached hydrogen (secondary N) is 1. The van der Waals surface area contributed by atoms with E-state index in [0.29, 0.717) is 18.1 Å². The molecule has 4 heteroatoms. The van der Waals surface area contributed by atoms with Crippen LogP contribution in [-0.2, 0) is 4.74 Å². The quantitative estimate of drug-likeness (QED) is 0.822. The predicted molar refractivity (Wildman–Crippen MR) is 88.5 cm³/mol. The van der Waals surface area contributed by atoms with E-state index in [2.05, 4.69) is 26.1 Å². The number of rotatable bonds is 6. The van der Waals surface area contributed by atoms with E-state index in [9.17, 15) is 0 Å². The maximum Gasteiger partial charge on any atom is 0.142 e. The fraction of sp³-hybridized carbons (Fsp3) is 0.647. The van der Waals surface area contributed by atoms with Gasteiger partial charge in [-0.2, -0.15) is 0 Å². The van der Waals surface area contributed by atoms with Gasteiger partial charge in [-0.3, -0.25) is 0 Å². The number of anilines is 1. The Labute approximate surface area is 133 Å². The fourth-order valence-electron chi connectivity index (χ4n) is 2.60. The summed E-state index contributed by atoms with van der Waals surface area (Å²) >= 11 is 6.13. The zero-order valence-electron chi connectivity index (χ0n) is 13.2. The third-order valence-electron chi connectivity index (χ3n) is 3.82. The molecule has 1 fully saturated rings. The molecule has 0 saturated carbocycles. The normalized spacial score (nSPS) is 22.3. The highest BCUT2D eigenvalue weighted by molar-refractivity contribution is 6.30. The Hall–Kier alpha value is -0.930. The summed E-state index contributed by atoms with van der Waals surface area (Å²) in [5, 5.41) is 4.32. The minimum atomic E-state index is 0.329. The van der Waals surface area contributed by atoms with Gasteiger partial charge in [0, 0.05) is 17.7 Å². The maximum atomic E-state index is 6.13. The Morgan fingerprint density at radius 3 is 2.95 bits per heavy atom. The van der Waals surface area contributed by atoms with Crippen molar-refractivity contribution in [3.05, 3.63) is 23.2 Å². The molecule has 1 aromatic carbocycles. The van der Waals surface area contributed by atoms with Crippen molar-refractivity contribution in [1.82, 2.24) is 0 Å². The molecule has 1 aliphatic rings. The van der Waals surface area contributed by atoms with Crippen molar-refractivity contribution in [3.63, 3.8) is 0 Å². The van der Waals surface area contributed by atoms with Gasteiger partial charge in [-0.15, -0.1) is 0 Å². The lowest BCUT2D eigenvalue weighted by Crippen LogP contribution is -2.36. The highest BCUT2D eigenvalue weighted by Gasteiger charge is 2.25. The van der Waals surface area contributed by atoms with Gasteiger partial charge in [-0.25, -0.2) is 0 Å². The van der Waals surface area contributed by atoms with E-state index in [1.807, 2.05) is 18.2 Å². The Morgan fingerprint density at radius 2 is 2.24 bits per heavy atom. The summed E-state index contributed by atoms with van der Waals surface area (Å²) in [6, 6.07) is 6.18. The molecule has 2 rings (SSSR count). The third kappa shape index (κ3) is 4.79. The van der Waals surface area contributed by atoms with Gasteiger partial charge in [-0.1, -0.05) is 32.4 Å². The van der Waals surface area contributed by atoms with Gasteiger partial charge in [0.1, 0.15) is 5.75 Å². The number of halogens is 1. The number of hydrogen-bond donors (Lipinski definition) is 1. The molecule has 1 N–H and O–H groups in total. The predicted octanol–water partition coefficient (Wildman–Crippen LogP) is 4.74. The lowest BCUT2D eigenvalue weighted by atomic mass is 9.95. The van der Waals surface area contributed by atoms with E-state index >= 15 is 0 Å². The molecular formula is C17H26ClNO2. The summed E-state index contributed by atoms with van der Waals surface area (Å²) in [5.74, 6) is 1.43. The molecule has 2 unspecified atom stereocenters. The average molecular weight is 312 g/mol. The van der Waals surface area contributed by atoms with Crippen molar-refractivity contribution in [2.45, 2.75) is 52.2 Å². The molecule has 1 saturated heterocycles. The van der Waals surface area contributed by atoms with Crippen LogP contribution in [0.15, 0.2) is 18.2 Å². The van der Waals surface area contributed by atoms with Crippen LogP contribution < -0.4 is 10.1 Å². The maximum absolute atomic E-state index is 6.13. The molecule has 0 radical (unpaired) electrons. The van der Waals surface area contributed by atoms with Gasteiger partial charge in [-0.05, 0) is 43.4 Å². The molecule has 0 bridgehead atoms. The molecule has 118 valence electrons. The summed E-state index contributed by atoms with van der Waals surface area (Å²) in [6.07, 6.45) is 3.37. The van der Waals surface area contributed by atoms with Crippen LogP contribution in [-0.4, -0.2) is 25.4 Å². The molecular weight excluding hydrogens is 286 g/mol. The zero-order valence-corrected chi connectivity index (χ0v) is 14.0. The fourth-order valence-corrected chi connectivity index (χ4v) is 2.77. The van der Waals surface area contributed by atoms with E-state index in [0.717, 1.165) is 48.9 Å². The molecule has 2 atom stereocenters. The minimum absolute atomic E-state index is 0.329.